The number of anilines is 1. The molecule has 0 saturated heterocycles. The molecule has 2 aromatic heterocycles. The average molecular weight is 487 g/mol. The summed E-state index contributed by atoms with van der Waals surface area (Å²) >= 11 is 6.34. The zero-order chi connectivity index (χ0) is 20.2. The van der Waals surface area contributed by atoms with Crippen LogP contribution in [0.2, 0.25) is 0 Å². The lowest BCUT2D eigenvalue weighted by atomic mass is 10.2. The van der Waals surface area contributed by atoms with Gasteiger partial charge in [0, 0.05) is 20.3 Å². The van der Waals surface area contributed by atoms with Gasteiger partial charge in [0.25, 0.3) is 5.91 Å². The van der Waals surface area contributed by atoms with Crippen molar-refractivity contribution in [1.82, 2.24) is 15.1 Å². The minimum Gasteiger partial charge on any atom is -0.338 e. The molecule has 0 aliphatic heterocycles. The number of nitrogens with one attached hydrogen (secondary N) is 1. The SMILES string of the molecule is Cc1noc(CSc2ccccc2C(=O)Nc2nc(-c3cccc(Br)c3)cs2)n1. The van der Waals surface area contributed by atoms with Crippen LogP contribution in [0, 0.1) is 6.92 Å². The molecule has 4 aromatic rings. The van der Waals surface area contributed by atoms with Crippen LogP contribution in [-0.4, -0.2) is 21.0 Å². The predicted molar refractivity (Wildman–Crippen MR) is 118 cm³/mol. The largest absolute Gasteiger partial charge is 0.338 e. The molecule has 9 heteroatoms. The van der Waals surface area contributed by atoms with E-state index in [1.54, 1.807) is 13.0 Å². The first-order valence-corrected chi connectivity index (χ1v) is 11.3. The van der Waals surface area contributed by atoms with E-state index in [4.69, 9.17) is 4.52 Å². The molecule has 0 aliphatic carbocycles. The molecule has 1 N–H and O–H groups in total. The molecule has 0 unspecified atom stereocenters. The van der Waals surface area contributed by atoms with E-state index >= 15 is 0 Å². The highest BCUT2D eigenvalue weighted by Crippen LogP contribution is 2.29. The number of rotatable bonds is 6. The molecule has 6 nitrogen and oxygen atoms in total. The first-order chi connectivity index (χ1) is 14.1. The Labute approximate surface area is 183 Å². The van der Waals surface area contributed by atoms with Gasteiger partial charge in [0.2, 0.25) is 5.89 Å². The van der Waals surface area contributed by atoms with Crippen molar-refractivity contribution in [2.75, 3.05) is 5.32 Å². The number of hydrogen-bond donors (Lipinski definition) is 1. The molecular weight excluding hydrogens is 472 g/mol. The van der Waals surface area contributed by atoms with Gasteiger partial charge in [-0.25, -0.2) is 4.98 Å². The van der Waals surface area contributed by atoms with Gasteiger partial charge >= 0.3 is 0 Å². The van der Waals surface area contributed by atoms with Crippen molar-refractivity contribution in [2.45, 2.75) is 17.6 Å². The van der Waals surface area contributed by atoms with Crippen molar-refractivity contribution in [3.63, 3.8) is 0 Å². The monoisotopic (exact) mass is 486 g/mol. The van der Waals surface area contributed by atoms with Gasteiger partial charge in [0.05, 0.1) is 17.0 Å². The Hall–Kier alpha value is -2.49. The molecule has 0 aliphatic rings. The van der Waals surface area contributed by atoms with Crippen LogP contribution in [0.15, 0.2) is 67.8 Å². The third-order valence-corrected chi connectivity index (χ3v) is 6.21. The van der Waals surface area contributed by atoms with E-state index in [0.29, 0.717) is 28.2 Å². The van der Waals surface area contributed by atoms with Crippen LogP contribution in [0.4, 0.5) is 5.13 Å². The molecular formula is C20H15BrN4O2S2. The van der Waals surface area contributed by atoms with E-state index in [1.807, 2.05) is 47.8 Å². The highest BCUT2D eigenvalue weighted by atomic mass is 79.9. The normalized spacial score (nSPS) is 10.8. The second kappa shape index (κ2) is 8.89. The molecule has 29 heavy (non-hydrogen) atoms. The quantitative estimate of drug-likeness (QED) is 0.346. The maximum absolute atomic E-state index is 12.8. The minimum absolute atomic E-state index is 0.204. The van der Waals surface area contributed by atoms with Crippen molar-refractivity contribution in [2.24, 2.45) is 0 Å². The van der Waals surface area contributed by atoms with Gasteiger partial charge in [-0.1, -0.05) is 45.4 Å². The van der Waals surface area contributed by atoms with E-state index in [-0.39, 0.29) is 5.91 Å². The minimum atomic E-state index is -0.204. The average Bonchev–Trinajstić information content (AvgIpc) is 3.35. The Bertz CT molecular complexity index is 1160. The molecule has 0 fully saturated rings. The number of amides is 1. The standard InChI is InChI=1S/C20H15BrN4O2S2/c1-12-22-18(27-25-12)11-28-17-8-3-2-7-15(17)19(26)24-20-23-16(10-29-20)13-5-4-6-14(21)9-13/h2-10H,11H2,1H3,(H,23,24,26). The third-order valence-electron chi connectivity index (χ3n) is 3.90. The highest BCUT2D eigenvalue weighted by Gasteiger charge is 2.15. The fourth-order valence-electron chi connectivity index (χ4n) is 2.59. The summed E-state index contributed by atoms with van der Waals surface area (Å²) in [5, 5.41) is 9.16. The van der Waals surface area contributed by atoms with E-state index in [1.165, 1.54) is 23.1 Å². The zero-order valence-corrected chi connectivity index (χ0v) is 18.5. The summed E-state index contributed by atoms with van der Waals surface area (Å²) in [4.78, 5) is 22.4. The maximum Gasteiger partial charge on any atom is 0.258 e. The van der Waals surface area contributed by atoms with E-state index in [2.05, 4.69) is 36.4 Å². The second-order valence-electron chi connectivity index (χ2n) is 6.02. The first-order valence-electron chi connectivity index (χ1n) is 8.62. The molecule has 2 aromatic carbocycles. The number of hydrogen-bond acceptors (Lipinski definition) is 7. The van der Waals surface area contributed by atoms with Crippen molar-refractivity contribution in [3.05, 3.63) is 75.7 Å². The number of carbonyl (C=O) groups is 1. The van der Waals surface area contributed by atoms with E-state index < -0.39 is 0 Å². The zero-order valence-electron chi connectivity index (χ0n) is 15.3. The summed E-state index contributed by atoms with van der Waals surface area (Å²) in [6.07, 6.45) is 0. The van der Waals surface area contributed by atoms with Crippen LogP contribution in [-0.2, 0) is 5.75 Å². The Morgan fingerprint density at radius 2 is 2.07 bits per heavy atom. The Balaban J connectivity index is 1.47. The summed E-state index contributed by atoms with van der Waals surface area (Å²) in [6.45, 7) is 1.77. The molecule has 0 atom stereocenters. The van der Waals surface area contributed by atoms with Gasteiger partial charge in [0.1, 0.15) is 0 Å². The van der Waals surface area contributed by atoms with Crippen LogP contribution >= 0.6 is 39.0 Å². The maximum atomic E-state index is 12.8. The Morgan fingerprint density at radius 1 is 1.21 bits per heavy atom. The molecule has 146 valence electrons. The Morgan fingerprint density at radius 3 is 2.86 bits per heavy atom. The summed E-state index contributed by atoms with van der Waals surface area (Å²) in [5.41, 5.74) is 2.39. The van der Waals surface area contributed by atoms with Gasteiger partial charge in [-0.2, -0.15) is 4.98 Å². The topological polar surface area (TPSA) is 80.9 Å². The van der Waals surface area contributed by atoms with Crippen LogP contribution < -0.4 is 5.32 Å². The number of aromatic nitrogens is 3. The number of aryl methyl sites for hydroxylation is 1. The lowest BCUT2D eigenvalue weighted by Crippen LogP contribution is -2.12. The molecule has 4 rings (SSSR count). The summed E-state index contributed by atoms with van der Waals surface area (Å²) in [6, 6.07) is 15.3. The van der Waals surface area contributed by atoms with Crippen LogP contribution in [0.25, 0.3) is 11.3 Å². The van der Waals surface area contributed by atoms with Gasteiger partial charge in [-0.05, 0) is 31.2 Å². The summed E-state index contributed by atoms with van der Waals surface area (Å²) < 4.78 is 6.12. The number of thiazole rings is 1. The van der Waals surface area contributed by atoms with Crippen LogP contribution in [0.5, 0.6) is 0 Å². The van der Waals surface area contributed by atoms with Crippen molar-refractivity contribution in [1.29, 1.82) is 0 Å². The smallest absolute Gasteiger partial charge is 0.258 e. The summed E-state index contributed by atoms with van der Waals surface area (Å²) in [5.74, 6) is 1.41. The van der Waals surface area contributed by atoms with Gasteiger partial charge in [-0.3, -0.25) is 10.1 Å². The molecule has 1 amide bonds. The molecule has 0 saturated carbocycles. The van der Waals surface area contributed by atoms with E-state index in [0.717, 1.165) is 20.6 Å². The fraction of sp³-hybridized carbons (Fsp3) is 0.100. The van der Waals surface area contributed by atoms with Gasteiger partial charge in [0.15, 0.2) is 11.0 Å². The molecule has 0 spiro atoms. The Kier molecular flexibility index (Phi) is 6.08. The number of thioether (sulfide) groups is 1. The van der Waals surface area contributed by atoms with Crippen molar-refractivity contribution >= 4 is 50.1 Å². The third kappa shape index (κ3) is 4.92. The van der Waals surface area contributed by atoms with Crippen molar-refractivity contribution < 1.29 is 9.32 Å². The lowest BCUT2D eigenvalue weighted by molar-refractivity contribution is 0.102. The van der Waals surface area contributed by atoms with Gasteiger partial charge < -0.3 is 4.52 Å². The van der Waals surface area contributed by atoms with Crippen LogP contribution in [0.1, 0.15) is 22.1 Å². The van der Waals surface area contributed by atoms with Crippen molar-refractivity contribution in [3.8, 4) is 11.3 Å². The molecule has 2 heterocycles. The lowest BCUT2D eigenvalue weighted by Gasteiger charge is -2.07. The van der Waals surface area contributed by atoms with E-state index in [9.17, 15) is 4.79 Å². The first kappa shape index (κ1) is 19.8. The number of halogens is 1. The highest BCUT2D eigenvalue weighted by molar-refractivity contribution is 9.10. The van der Waals surface area contributed by atoms with Gasteiger partial charge in [-0.15, -0.1) is 23.1 Å². The number of nitrogens with zero attached hydrogens (tertiary/aromatic N) is 3. The predicted octanol–water partition coefficient (Wildman–Crippen LogP) is 5.81. The summed E-state index contributed by atoms with van der Waals surface area (Å²) in [7, 11) is 0. The van der Waals surface area contributed by atoms with Crippen LogP contribution in [0.3, 0.4) is 0 Å². The molecule has 0 bridgehead atoms. The second-order valence-corrected chi connectivity index (χ2v) is 8.81. The fourth-order valence-corrected chi connectivity index (χ4v) is 4.60. The molecule has 0 radical (unpaired) electrons. The number of carbonyl (C=O) groups excluding carboxylic acids is 1. The number of benzene rings is 2.